The van der Waals surface area contributed by atoms with Gasteiger partial charge in [-0.15, -0.1) is 0 Å². The molecule has 0 aliphatic rings. The molecule has 1 heterocycles. The lowest BCUT2D eigenvalue weighted by molar-refractivity contribution is -0.137. The van der Waals surface area contributed by atoms with E-state index in [0.29, 0.717) is 12.1 Å². The van der Waals surface area contributed by atoms with Crippen molar-refractivity contribution < 1.29 is 30.7 Å². The third-order valence-electron chi connectivity index (χ3n) is 4.57. The van der Waals surface area contributed by atoms with Crippen LogP contribution in [-0.2, 0) is 6.18 Å². The largest absolute Gasteiger partial charge is 0.416 e. The molecule has 0 bridgehead atoms. The first-order valence-electron chi connectivity index (χ1n) is 10.2. The van der Waals surface area contributed by atoms with E-state index in [9.17, 15) is 30.7 Å². The summed E-state index contributed by atoms with van der Waals surface area (Å²) in [6, 6.07) is 13.8. The van der Waals surface area contributed by atoms with Gasteiger partial charge in [0.1, 0.15) is 5.82 Å². The van der Waals surface area contributed by atoms with Crippen molar-refractivity contribution in [3.05, 3.63) is 112 Å². The van der Waals surface area contributed by atoms with Crippen LogP contribution >= 0.6 is 11.6 Å². The number of alkyl halides is 6. The van der Waals surface area contributed by atoms with Crippen molar-refractivity contribution in [3.8, 4) is 0 Å². The molecule has 0 unspecified atom stereocenters. The highest BCUT2D eigenvalue weighted by molar-refractivity contribution is 6.30. The van der Waals surface area contributed by atoms with Crippen LogP contribution in [0, 0.1) is 12.7 Å². The van der Waals surface area contributed by atoms with Gasteiger partial charge in [-0.05, 0) is 42.8 Å². The van der Waals surface area contributed by atoms with Gasteiger partial charge in [0.25, 0.3) is 0 Å². The van der Waals surface area contributed by atoms with Crippen LogP contribution in [0.1, 0.15) is 34.8 Å². The summed E-state index contributed by atoms with van der Waals surface area (Å²) in [5, 5.41) is 2.91. The zero-order valence-electron chi connectivity index (χ0n) is 18.5. The number of nitrogens with zero attached hydrogens (tertiary/aromatic N) is 1. The lowest BCUT2D eigenvalue weighted by Crippen LogP contribution is -2.27. The van der Waals surface area contributed by atoms with Crippen molar-refractivity contribution in [2.24, 2.45) is 0 Å². The van der Waals surface area contributed by atoms with E-state index in [-0.39, 0.29) is 28.4 Å². The van der Waals surface area contributed by atoms with E-state index in [1.54, 1.807) is 0 Å². The fraction of sp³-hybridized carbons (Fsp3) is 0.240. The summed E-state index contributed by atoms with van der Waals surface area (Å²) in [5.74, 6) is -1.14. The smallest absolute Gasteiger partial charge is 0.301 e. The van der Waals surface area contributed by atoms with Crippen LogP contribution in [0.5, 0.6) is 0 Å². The Hall–Kier alpha value is -2.91. The Morgan fingerprint density at radius 2 is 1.66 bits per heavy atom. The highest BCUT2D eigenvalue weighted by Gasteiger charge is 2.33. The minimum atomic E-state index is -4.80. The Bertz CT molecular complexity index is 1100. The predicted octanol–water partition coefficient (Wildman–Crippen LogP) is 8.08. The number of hydrogen-bond donors (Lipinski definition) is 1. The maximum absolute atomic E-state index is 13.8. The molecule has 0 aliphatic heterocycles. The van der Waals surface area contributed by atoms with Crippen molar-refractivity contribution >= 4 is 11.6 Å². The minimum Gasteiger partial charge on any atom is -0.301 e. The molecule has 35 heavy (non-hydrogen) atoms. The lowest BCUT2D eigenvalue weighted by Gasteiger charge is -2.21. The topological polar surface area (TPSA) is 24.9 Å². The molecule has 0 amide bonds. The van der Waals surface area contributed by atoms with E-state index in [2.05, 4.69) is 35.9 Å². The average Bonchev–Trinajstić information content (AvgIpc) is 2.74. The van der Waals surface area contributed by atoms with E-state index in [0.717, 1.165) is 6.07 Å². The monoisotopic (exact) mass is 518 g/mol. The molecule has 3 rings (SSSR count). The highest BCUT2D eigenvalue weighted by Crippen LogP contribution is 2.33. The summed E-state index contributed by atoms with van der Waals surface area (Å²) in [6.07, 6.45) is -9.32. The Kier molecular flexibility index (Phi) is 9.85. The van der Waals surface area contributed by atoms with Gasteiger partial charge in [-0.2, -0.15) is 26.3 Å². The van der Waals surface area contributed by atoms with Gasteiger partial charge in [0, 0.05) is 12.7 Å². The van der Waals surface area contributed by atoms with E-state index in [4.69, 9.17) is 11.6 Å². The van der Waals surface area contributed by atoms with Crippen LogP contribution in [0.15, 0.2) is 79.0 Å². The van der Waals surface area contributed by atoms with E-state index in [1.165, 1.54) is 23.9 Å². The summed E-state index contributed by atoms with van der Waals surface area (Å²) >= 11 is 5.74. The number of nitrogens with one attached hydrogen (secondary N) is 1. The first-order chi connectivity index (χ1) is 16.2. The van der Waals surface area contributed by atoms with Crippen LogP contribution in [0.3, 0.4) is 0 Å². The second-order valence-corrected chi connectivity index (χ2v) is 8.12. The normalized spacial score (nSPS) is 12.5. The van der Waals surface area contributed by atoms with Crippen LogP contribution in [0.2, 0.25) is 5.02 Å². The first-order valence-corrected chi connectivity index (χ1v) is 10.6. The molecule has 0 saturated heterocycles. The molecule has 0 saturated carbocycles. The third-order valence-corrected chi connectivity index (χ3v) is 4.80. The SMILES string of the molecule is C=C(CN[C@@H](c1cc(F)cc(C(F)(F)F)c1)c1ccc(Cl)cn1)CC(F)(F)F.Cc1ccccc1. The van der Waals surface area contributed by atoms with Crippen molar-refractivity contribution in [2.45, 2.75) is 31.7 Å². The zero-order valence-corrected chi connectivity index (χ0v) is 19.3. The molecule has 3 aromatic rings. The van der Waals surface area contributed by atoms with Crippen LogP contribution < -0.4 is 5.32 Å². The van der Waals surface area contributed by atoms with E-state index in [1.807, 2.05) is 18.2 Å². The third kappa shape index (κ3) is 10.1. The van der Waals surface area contributed by atoms with Crippen LogP contribution in [0.4, 0.5) is 30.7 Å². The standard InChI is InChI=1S/C18H14ClF7N2.C7H8/c1-10(7-17(21,22)23)8-28-16(15-3-2-13(19)9-27-15)11-4-12(18(24,25)26)6-14(20)5-11;1-7-5-3-2-4-6-7/h2-6,9,16,28H,1,7-8H2;2-6H,1H3/t16-;/m0./s1. The molecule has 2 aromatic carbocycles. The van der Waals surface area contributed by atoms with Gasteiger partial charge in [0.2, 0.25) is 0 Å². The minimum absolute atomic E-state index is 0.151. The quantitative estimate of drug-likeness (QED) is 0.263. The van der Waals surface area contributed by atoms with E-state index >= 15 is 0 Å². The zero-order chi connectivity index (χ0) is 26.2. The van der Waals surface area contributed by atoms with Crippen LogP contribution in [0.25, 0.3) is 0 Å². The van der Waals surface area contributed by atoms with E-state index < -0.39 is 36.2 Å². The molecule has 10 heteroatoms. The lowest BCUT2D eigenvalue weighted by atomic mass is 9.99. The fourth-order valence-corrected chi connectivity index (χ4v) is 3.13. The van der Waals surface area contributed by atoms with Crippen molar-refractivity contribution in [1.82, 2.24) is 10.3 Å². The van der Waals surface area contributed by atoms with Gasteiger partial charge in [-0.25, -0.2) is 4.39 Å². The molecule has 188 valence electrons. The van der Waals surface area contributed by atoms with Gasteiger partial charge >= 0.3 is 12.4 Å². The molecule has 0 spiro atoms. The predicted molar refractivity (Wildman–Crippen MR) is 121 cm³/mol. The molecular formula is C25H22ClF7N2. The summed E-state index contributed by atoms with van der Waals surface area (Å²) in [6.45, 7) is 5.02. The number of hydrogen-bond acceptors (Lipinski definition) is 2. The second kappa shape index (κ2) is 12.2. The summed E-state index contributed by atoms with van der Waals surface area (Å²) in [7, 11) is 0. The Balaban J connectivity index is 0.000000527. The van der Waals surface area contributed by atoms with Gasteiger partial charge < -0.3 is 5.32 Å². The maximum Gasteiger partial charge on any atom is 0.416 e. The Morgan fingerprint density at radius 1 is 1.00 bits per heavy atom. The van der Waals surface area contributed by atoms with Crippen molar-refractivity contribution in [3.63, 3.8) is 0 Å². The molecule has 0 fully saturated rings. The molecule has 1 atom stereocenters. The summed E-state index contributed by atoms with van der Waals surface area (Å²) < 4.78 is 90.2. The van der Waals surface area contributed by atoms with Gasteiger partial charge in [-0.3, -0.25) is 4.98 Å². The number of pyridine rings is 1. The summed E-state index contributed by atoms with van der Waals surface area (Å²) in [4.78, 5) is 3.98. The maximum atomic E-state index is 13.8. The fourth-order valence-electron chi connectivity index (χ4n) is 3.02. The molecule has 2 nitrogen and oxygen atoms in total. The number of benzene rings is 2. The Morgan fingerprint density at radius 3 is 2.14 bits per heavy atom. The molecule has 1 N–H and O–H groups in total. The number of rotatable bonds is 6. The molecule has 0 aliphatic carbocycles. The second-order valence-electron chi connectivity index (χ2n) is 7.68. The summed E-state index contributed by atoms with van der Waals surface area (Å²) in [5.41, 5.74) is -0.135. The van der Waals surface area contributed by atoms with Crippen molar-refractivity contribution in [1.29, 1.82) is 0 Å². The average molecular weight is 519 g/mol. The van der Waals surface area contributed by atoms with Gasteiger partial charge in [0.05, 0.1) is 28.7 Å². The molecule has 1 aromatic heterocycles. The molecule has 0 radical (unpaired) electrons. The van der Waals surface area contributed by atoms with Crippen molar-refractivity contribution in [2.75, 3.05) is 6.54 Å². The van der Waals surface area contributed by atoms with Gasteiger partial charge in [-0.1, -0.05) is 59.6 Å². The number of halogens is 8. The first kappa shape index (κ1) is 28.3. The Labute approximate surface area is 203 Å². The highest BCUT2D eigenvalue weighted by atomic mass is 35.5. The number of aryl methyl sites for hydroxylation is 1. The van der Waals surface area contributed by atoms with Gasteiger partial charge in [0.15, 0.2) is 0 Å². The number of aromatic nitrogens is 1. The molecular weight excluding hydrogens is 497 g/mol. The van der Waals surface area contributed by atoms with Crippen LogP contribution in [-0.4, -0.2) is 17.7 Å².